The zero-order chi connectivity index (χ0) is 17.7. The van der Waals surface area contributed by atoms with Crippen LogP contribution in [-0.4, -0.2) is 11.4 Å². The molecule has 0 aliphatic carbocycles. The second kappa shape index (κ2) is 7.14. The van der Waals surface area contributed by atoms with E-state index in [0.717, 1.165) is 16.9 Å². The van der Waals surface area contributed by atoms with E-state index >= 15 is 0 Å². The van der Waals surface area contributed by atoms with E-state index in [9.17, 15) is 10.1 Å². The van der Waals surface area contributed by atoms with Crippen molar-refractivity contribution in [3.63, 3.8) is 0 Å². The molecule has 2 aromatic carbocycles. The lowest BCUT2D eigenvalue weighted by atomic mass is 10.0. The molecule has 24 heavy (non-hydrogen) atoms. The van der Waals surface area contributed by atoms with E-state index < -0.39 is 0 Å². The minimum atomic E-state index is -0.271. The van der Waals surface area contributed by atoms with Gasteiger partial charge in [0.25, 0.3) is 0 Å². The largest absolute Gasteiger partial charge is 0.488 e. The number of aryl methyl sites for hydroxylation is 1. The highest BCUT2D eigenvalue weighted by atomic mass is 16.5. The fraction of sp³-hybridized carbons (Fsp3) is 0.238. The molecule has 122 valence electrons. The molecule has 0 radical (unpaired) electrons. The number of ether oxygens (including phenoxy) is 1. The van der Waals surface area contributed by atoms with E-state index in [-0.39, 0.29) is 17.0 Å². The van der Waals surface area contributed by atoms with Crippen molar-refractivity contribution in [1.29, 1.82) is 5.26 Å². The summed E-state index contributed by atoms with van der Waals surface area (Å²) in [7, 11) is 0. The van der Waals surface area contributed by atoms with Crippen molar-refractivity contribution in [1.82, 2.24) is 0 Å². The molecule has 0 saturated carbocycles. The van der Waals surface area contributed by atoms with Gasteiger partial charge < -0.3 is 4.74 Å². The maximum Gasteiger partial charge on any atom is 0.203 e. The number of carbonyl (C=O) groups is 1. The van der Waals surface area contributed by atoms with E-state index in [1.54, 1.807) is 18.2 Å². The summed E-state index contributed by atoms with van der Waals surface area (Å²) < 4.78 is 5.76. The van der Waals surface area contributed by atoms with Crippen molar-refractivity contribution in [2.24, 2.45) is 0 Å². The van der Waals surface area contributed by atoms with Gasteiger partial charge in [-0.05, 0) is 51.5 Å². The Balaban J connectivity index is 2.22. The van der Waals surface area contributed by atoms with Crippen LogP contribution in [0.4, 0.5) is 0 Å². The number of benzene rings is 2. The average molecular weight is 319 g/mol. The van der Waals surface area contributed by atoms with Crippen LogP contribution in [0, 0.1) is 18.3 Å². The molecule has 2 rings (SSSR count). The molecule has 0 spiro atoms. The topological polar surface area (TPSA) is 50.1 Å². The number of Topliss-reactive ketones (excluding diaryl/α,β-unsaturated/α-hetero) is 1. The van der Waals surface area contributed by atoms with Crippen LogP contribution in [0.15, 0.2) is 54.1 Å². The third-order valence-corrected chi connectivity index (χ3v) is 3.29. The van der Waals surface area contributed by atoms with Crippen LogP contribution in [0.25, 0.3) is 6.08 Å². The second-order valence-corrected chi connectivity index (χ2v) is 6.65. The normalized spacial score (nSPS) is 11.7. The van der Waals surface area contributed by atoms with Crippen LogP contribution in [0.5, 0.6) is 5.75 Å². The first-order valence-corrected chi connectivity index (χ1v) is 7.81. The Kier molecular flexibility index (Phi) is 5.21. The van der Waals surface area contributed by atoms with Crippen molar-refractivity contribution in [2.75, 3.05) is 0 Å². The molecule has 0 atom stereocenters. The minimum absolute atomic E-state index is 0.114. The molecule has 0 aromatic heterocycles. The summed E-state index contributed by atoms with van der Waals surface area (Å²) in [5.74, 6) is 0.482. The van der Waals surface area contributed by atoms with Gasteiger partial charge in [0.1, 0.15) is 23.0 Å². The number of carbonyl (C=O) groups excluding carboxylic acids is 1. The molecule has 0 amide bonds. The number of hydrogen-bond acceptors (Lipinski definition) is 3. The standard InChI is InChI=1S/C21H21NO2/c1-15-5-9-17(10-6-15)20(23)18(14-22)13-16-7-11-19(12-8-16)24-21(2,3)4/h5-13H,1-4H3. The smallest absolute Gasteiger partial charge is 0.203 e. The molecule has 2 aromatic rings. The van der Waals surface area contributed by atoms with Gasteiger partial charge in [-0.15, -0.1) is 0 Å². The Morgan fingerprint density at radius 1 is 1.04 bits per heavy atom. The lowest BCUT2D eigenvalue weighted by Crippen LogP contribution is -2.22. The first-order valence-electron chi connectivity index (χ1n) is 7.81. The molecule has 0 bridgehead atoms. The van der Waals surface area contributed by atoms with E-state index in [1.807, 2.05) is 70.2 Å². The van der Waals surface area contributed by atoms with Gasteiger partial charge in [0.05, 0.1) is 0 Å². The molecule has 0 aliphatic heterocycles. The molecule has 0 unspecified atom stereocenters. The van der Waals surface area contributed by atoms with Crippen LogP contribution in [0.2, 0.25) is 0 Å². The summed E-state index contributed by atoms with van der Waals surface area (Å²) in [6.07, 6.45) is 1.60. The van der Waals surface area contributed by atoms with Crippen molar-refractivity contribution >= 4 is 11.9 Å². The number of allylic oxidation sites excluding steroid dienone is 1. The SMILES string of the molecule is Cc1ccc(C(=O)C(C#N)=Cc2ccc(OC(C)(C)C)cc2)cc1. The molecule has 3 nitrogen and oxygen atoms in total. The van der Waals surface area contributed by atoms with Gasteiger partial charge in [-0.2, -0.15) is 5.26 Å². The summed E-state index contributed by atoms with van der Waals surface area (Å²) in [5, 5.41) is 9.32. The first-order chi connectivity index (χ1) is 11.3. The molecular formula is C21H21NO2. The number of ketones is 1. The van der Waals surface area contributed by atoms with Gasteiger partial charge in [-0.3, -0.25) is 4.79 Å². The highest BCUT2D eigenvalue weighted by molar-refractivity contribution is 6.14. The number of hydrogen-bond donors (Lipinski definition) is 0. The lowest BCUT2D eigenvalue weighted by Gasteiger charge is -2.21. The predicted octanol–water partition coefficient (Wildman–Crippen LogP) is 4.96. The van der Waals surface area contributed by atoms with Crippen LogP contribution < -0.4 is 4.74 Å². The fourth-order valence-electron chi connectivity index (χ4n) is 2.16. The summed E-state index contributed by atoms with van der Waals surface area (Å²) in [6.45, 7) is 7.90. The van der Waals surface area contributed by atoms with Crippen molar-refractivity contribution in [2.45, 2.75) is 33.3 Å². The highest BCUT2D eigenvalue weighted by Crippen LogP contribution is 2.20. The van der Waals surface area contributed by atoms with Gasteiger partial charge in [0, 0.05) is 5.56 Å². The third kappa shape index (κ3) is 4.82. The zero-order valence-electron chi connectivity index (χ0n) is 14.5. The monoisotopic (exact) mass is 319 g/mol. The molecule has 0 heterocycles. The van der Waals surface area contributed by atoms with Crippen LogP contribution in [0.1, 0.15) is 42.3 Å². The van der Waals surface area contributed by atoms with E-state index in [4.69, 9.17) is 4.74 Å². The maximum absolute atomic E-state index is 12.4. The number of nitriles is 1. The van der Waals surface area contributed by atoms with E-state index in [1.165, 1.54) is 0 Å². The van der Waals surface area contributed by atoms with Crippen molar-refractivity contribution < 1.29 is 9.53 Å². The molecule has 0 aliphatic rings. The van der Waals surface area contributed by atoms with Gasteiger partial charge in [-0.1, -0.05) is 42.0 Å². The molecule has 3 heteroatoms. The number of nitrogens with zero attached hydrogens (tertiary/aromatic N) is 1. The van der Waals surface area contributed by atoms with Crippen molar-refractivity contribution in [3.8, 4) is 11.8 Å². The van der Waals surface area contributed by atoms with Crippen LogP contribution in [-0.2, 0) is 0 Å². The van der Waals surface area contributed by atoms with Crippen LogP contribution in [0.3, 0.4) is 0 Å². The highest BCUT2D eigenvalue weighted by Gasteiger charge is 2.13. The summed E-state index contributed by atoms with van der Waals surface area (Å²) in [4.78, 5) is 12.4. The molecular weight excluding hydrogens is 298 g/mol. The van der Waals surface area contributed by atoms with Crippen molar-refractivity contribution in [3.05, 3.63) is 70.8 Å². The van der Waals surface area contributed by atoms with E-state index in [2.05, 4.69) is 0 Å². The average Bonchev–Trinajstić information content (AvgIpc) is 2.53. The summed E-state index contributed by atoms with van der Waals surface area (Å²) >= 11 is 0. The third-order valence-electron chi connectivity index (χ3n) is 3.29. The summed E-state index contributed by atoms with van der Waals surface area (Å²) in [6, 6.07) is 16.5. The minimum Gasteiger partial charge on any atom is -0.488 e. The molecule has 0 saturated heterocycles. The Labute approximate surface area is 143 Å². The van der Waals surface area contributed by atoms with E-state index in [0.29, 0.717) is 5.56 Å². The summed E-state index contributed by atoms with van der Waals surface area (Å²) in [5.41, 5.74) is 2.22. The van der Waals surface area contributed by atoms with Gasteiger partial charge in [0.2, 0.25) is 5.78 Å². The van der Waals surface area contributed by atoms with Crippen LogP contribution >= 0.6 is 0 Å². The molecule has 0 fully saturated rings. The molecule has 0 N–H and O–H groups in total. The van der Waals surface area contributed by atoms with Gasteiger partial charge in [0.15, 0.2) is 0 Å². The van der Waals surface area contributed by atoms with Gasteiger partial charge >= 0.3 is 0 Å². The lowest BCUT2D eigenvalue weighted by molar-refractivity contribution is 0.104. The Morgan fingerprint density at radius 2 is 1.62 bits per heavy atom. The van der Waals surface area contributed by atoms with Gasteiger partial charge in [-0.25, -0.2) is 0 Å². The Morgan fingerprint density at radius 3 is 2.12 bits per heavy atom. The maximum atomic E-state index is 12.4. The second-order valence-electron chi connectivity index (χ2n) is 6.65. The fourth-order valence-corrected chi connectivity index (χ4v) is 2.16. The zero-order valence-corrected chi connectivity index (χ0v) is 14.5. The first kappa shape index (κ1) is 17.5. The quantitative estimate of drug-likeness (QED) is 0.454. The Bertz CT molecular complexity index is 786. The number of rotatable bonds is 4. The predicted molar refractivity (Wildman–Crippen MR) is 95.9 cm³/mol. The Hall–Kier alpha value is -2.86.